The SMILES string of the molecule is COCCOc1cc(C)c(-c2cccc(OCc3ccc(CCC(=O)O)cc3)n2)c(C)c1. The van der Waals surface area contributed by atoms with Crippen LogP contribution in [-0.2, 0) is 22.6 Å². The largest absolute Gasteiger partial charge is 0.491 e. The van der Waals surface area contributed by atoms with Gasteiger partial charge in [0.15, 0.2) is 0 Å². The molecule has 168 valence electrons. The number of nitrogens with zero attached hydrogens (tertiary/aromatic N) is 1. The fourth-order valence-corrected chi connectivity index (χ4v) is 3.50. The fraction of sp³-hybridized carbons (Fsp3) is 0.308. The van der Waals surface area contributed by atoms with Crippen molar-refractivity contribution >= 4 is 5.97 Å². The highest BCUT2D eigenvalue weighted by atomic mass is 16.5. The van der Waals surface area contributed by atoms with Crippen LogP contribution in [0, 0.1) is 13.8 Å². The first-order chi connectivity index (χ1) is 15.5. The Kier molecular flexibility index (Phi) is 8.22. The van der Waals surface area contributed by atoms with Crippen molar-refractivity contribution in [3.05, 3.63) is 76.9 Å². The van der Waals surface area contributed by atoms with Gasteiger partial charge in [-0.15, -0.1) is 0 Å². The highest BCUT2D eigenvalue weighted by molar-refractivity contribution is 5.69. The van der Waals surface area contributed by atoms with E-state index in [2.05, 4.69) is 0 Å². The molecule has 0 fully saturated rings. The van der Waals surface area contributed by atoms with Crippen molar-refractivity contribution in [2.75, 3.05) is 20.3 Å². The minimum absolute atomic E-state index is 0.131. The van der Waals surface area contributed by atoms with Crippen LogP contribution in [0.4, 0.5) is 0 Å². The predicted octanol–water partition coefficient (Wildman–Crippen LogP) is 4.99. The van der Waals surface area contributed by atoms with Crippen LogP contribution in [0.25, 0.3) is 11.3 Å². The highest BCUT2D eigenvalue weighted by Gasteiger charge is 2.11. The molecule has 1 N–H and O–H groups in total. The summed E-state index contributed by atoms with van der Waals surface area (Å²) in [4.78, 5) is 15.4. The number of benzene rings is 2. The van der Waals surface area contributed by atoms with Crippen LogP contribution in [0.15, 0.2) is 54.6 Å². The number of hydrogen-bond acceptors (Lipinski definition) is 5. The second kappa shape index (κ2) is 11.3. The highest BCUT2D eigenvalue weighted by Crippen LogP contribution is 2.31. The average Bonchev–Trinajstić information content (AvgIpc) is 2.77. The second-order valence-electron chi connectivity index (χ2n) is 7.63. The molecule has 0 saturated carbocycles. The molecule has 3 aromatic rings. The first-order valence-electron chi connectivity index (χ1n) is 10.6. The maximum absolute atomic E-state index is 10.7. The van der Waals surface area contributed by atoms with Crippen molar-refractivity contribution in [1.29, 1.82) is 0 Å². The van der Waals surface area contributed by atoms with E-state index in [0.29, 0.717) is 32.1 Å². The second-order valence-corrected chi connectivity index (χ2v) is 7.63. The summed E-state index contributed by atoms with van der Waals surface area (Å²) in [5.74, 6) is 0.582. The molecular formula is C26H29NO5. The molecule has 3 rings (SSSR count). The van der Waals surface area contributed by atoms with E-state index >= 15 is 0 Å². The molecule has 1 heterocycles. The summed E-state index contributed by atoms with van der Waals surface area (Å²) < 4.78 is 16.7. The van der Waals surface area contributed by atoms with Crippen LogP contribution in [0.5, 0.6) is 11.6 Å². The Bertz CT molecular complexity index is 1020. The number of pyridine rings is 1. The summed E-state index contributed by atoms with van der Waals surface area (Å²) >= 11 is 0. The Morgan fingerprint density at radius 2 is 1.62 bits per heavy atom. The van der Waals surface area contributed by atoms with Crippen LogP contribution in [0.3, 0.4) is 0 Å². The van der Waals surface area contributed by atoms with Gasteiger partial charge in [0, 0.05) is 25.2 Å². The number of methoxy groups -OCH3 is 1. The maximum Gasteiger partial charge on any atom is 0.303 e. The van der Waals surface area contributed by atoms with Crippen LogP contribution >= 0.6 is 0 Å². The minimum Gasteiger partial charge on any atom is -0.491 e. The van der Waals surface area contributed by atoms with Gasteiger partial charge in [-0.3, -0.25) is 4.79 Å². The lowest BCUT2D eigenvalue weighted by Gasteiger charge is -2.14. The van der Waals surface area contributed by atoms with E-state index < -0.39 is 5.97 Å². The number of rotatable bonds is 11. The molecule has 0 aliphatic rings. The fourth-order valence-electron chi connectivity index (χ4n) is 3.50. The molecule has 6 heteroatoms. The molecule has 1 aromatic heterocycles. The Morgan fingerprint density at radius 3 is 2.28 bits per heavy atom. The van der Waals surface area contributed by atoms with E-state index in [-0.39, 0.29) is 6.42 Å². The zero-order chi connectivity index (χ0) is 22.9. The zero-order valence-corrected chi connectivity index (χ0v) is 18.8. The molecule has 0 amide bonds. The number of aliphatic carboxylic acids is 1. The van der Waals surface area contributed by atoms with Gasteiger partial charge in [0.05, 0.1) is 12.3 Å². The van der Waals surface area contributed by atoms with Crippen LogP contribution in [0.2, 0.25) is 0 Å². The molecule has 2 aromatic carbocycles. The minimum atomic E-state index is -0.790. The van der Waals surface area contributed by atoms with Gasteiger partial charge in [0.25, 0.3) is 0 Å². The van der Waals surface area contributed by atoms with Gasteiger partial charge >= 0.3 is 5.97 Å². The van der Waals surface area contributed by atoms with E-state index in [4.69, 9.17) is 24.3 Å². The van der Waals surface area contributed by atoms with Gasteiger partial charge in [-0.2, -0.15) is 0 Å². The van der Waals surface area contributed by atoms with Crippen LogP contribution in [0.1, 0.15) is 28.7 Å². The average molecular weight is 436 g/mol. The summed E-state index contributed by atoms with van der Waals surface area (Å²) in [6.45, 7) is 5.54. The number of hydrogen-bond donors (Lipinski definition) is 1. The van der Waals surface area contributed by atoms with E-state index in [9.17, 15) is 4.79 Å². The smallest absolute Gasteiger partial charge is 0.303 e. The van der Waals surface area contributed by atoms with Gasteiger partial charge in [-0.25, -0.2) is 4.98 Å². The number of aryl methyl sites for hydroxylation is 3. The van der Waals surface area contributed by atoms with Gasteiger partial charge in [0.2, 0.25) is 5.88 Å². The summed E-state index contributed by atoms with van der Waals surface area (Å²) in [5, 5.41) is 8.80. The molecule has 6 nitrogen and oxygen atoms in total. The third-order valence-corrected chi connectivity index (χ3v) is 5.08. The summed E-state index contributed by atoms with van der Waals surface area (Å²) in [5.41, 5.74) is 6.08. The van der Waals surface area contributed by atoms with Crippen molar-refractivity contribution in [2.24, 2.45) is 0 Å². The summed E-state index contributed by atoms with van der Waals surface area (Å²) in [6, 6.07) is 17.6. The van der Waals surface area contributed by atoms with Gasteiger partial charge in [0.1, 0.15) is 19.0 Å². The number of aromatic nitrogens is 1. The Hall–Kier alpha value is -3.38. The molecule has 0 atom stereocenters. The van der Waals surface area contributed by atoms with Crippen LogP contribution < -0.4 is 9.47 Å². The number of ether oxygens (including phenoxy) is 3. The predicted molar refractivity (Wildman–Crippen MR) is 123 cm³/mol. The molecule has 0 bridgehead atoms. The Morgan fingerprint density at radius 1 is 0.938 bits per heavy atom. The number of carboxylic acids is 1. The third-order valence-electron chi connectivity index (χ3n) is 5.08. The third kappa shape index (κ3) is 6.56. The van der Waals surface area contributed by atoms with E-state index in [1.54, 1.807) is 7.11 Å². The van der Waals surface area contributed by atoms with Crippen molar-refractivity contribution in [3.63, 3.8) is 0 Å². The van der Waals surface area contributed by atoms with Gasteiger partial charge < -0.3 is 19.3 Å². The Labute approximate surface area is 188 Å². The Balaban J connectivity index is 1.67. The molecule has 0 spiro atoms. The standard InChI is InChI=1S/C26H29NO5/c1-18-15-22(31-14-13-30-3)16-19(2)26(18)23-5-4-6-24(27-23)32-17-21-9-7-20(8-10-21)11-12-25(28)29/h4-10,15-16H,11-14,17H2,1-3H3,(H,28,29). The lowest BCUT2D eigenvalue weighted by molar-refractivity contribution is -0.136. The van der Waals surface area contributed by atoms with Crippen molar-refractivity contribution in [1.82, 2.24) is 4.98 Å². The number of carbonyl (C=O) groups is 1. The summed E-state index contributed by atoms with van der Waals surface area (Å²) in [6.07, 6.45) is 0.653. The van der Waals surface area contributed by atoms with Crippen molar-refractivity contribution in [3.8, 4) is 22.9 Å². The monoisotopic (exact) mass is 435 g/mol. The van der Waals surface area contributed by atoms with E-state index in [0.717, 1.165) is 39.3 Å². The molecule has 0 radical (unpaired) electrons. The van der Waals surface area contributed by atoms with E-state index in [1.165, 1.54) is 0 Å². The van der Waals surface area contributed by atoms with Crippen LogP contribution in [-0.4, -0.2) is 36.4 Å². The van der Waals surface area contributed by atoms with Gasteiger partial charge in [-0.05, 0) is 60.7 Å². The normalized spacial score (nSPS) is 10.7. The summed E-state index contributed by atoms with van der Waals surface area (Å²) in [7, 11) is 1.65. The number of carboxylic acid groups (broad SMARTS) is 1. The lowest BCUT2D eigenvalue weighted by atomic mass is 9.99. The lowest BCUT2D eigenvalue weighted by Crippen LogP contribution is -2.05. The molecule has 0 unspecified atom stereocenters. The first-order valence-corrected chi connectivity index (χ1v) is 10.6. The maximum atomic E-state index is 10.7. The van der Waals surface area contributed by atoms with Crippen molar-refractivity contribution < 1.29 is 24.1 Å². The van der Waals surface area contributed by atoms with Gasteiger partial charge in [-0.1, -0.05) is 30.3 Å². The first kappa shape index (κ1) is 23.3. The molecular weight excluding hydrogens is 406 g/mol. The van der Waals surface area contributed by atoms with E-state index in [1.807, 2.05) is 68.4 Å². The molecule has 0 aliphatic carbocycles. The molecule has 0 aliphatic heterocycles. The molecule has 32 heavy (non-hydrogen) atoms. The molecule has 0 saturated heterocycles. The van der Waals surface area contributed by atoms with Crippen molar-refractivity contribution in [2.45, 2.75) is 33.3 Å². The zero-order valence-electron chi connectivity index (χ0n) is 18.8. The quantitative estimate of drug-likeness (QED) is 0.428. The topological polar surface area (TPSA) is 77.9 Å².